The summed E-state index contributed by atoms with van der Waals surface area (Å²) >= 11 is 0. The Morgan fingerprint density at radius 3 is 1.87 bits per heavy atom. The Morgan fingerprint density at radius 2 is 1.32 bits per heavy atom. The van der Waals surface area contributed by atoms with Crippen molar-refractivity contribution in [3.8, 4) is 0 Å². The third-order valence-corrected chi connectivity index (χ3v) is 10.3. The van der Waals surface area contributed by atoms with E-state index in [1.54, 1.807) is 0 Å². The van der Waals surface area contributed by atoms with E-state index in [-0.39, 0.29) is 13.7 Å². The van der Waals surface area contributed by atoms with Crippen molar-refractivity contribution in [1.82, 2.24) is 30.8 Å². The first-order valence-corrected chi connectivity index (χ1v) is 17.9. The van der Waals surface area contributed by atoms with Crippen molar-refractivity contribution in [2.75, 3.05) is 0 Å². The lowest BCUT2D eigenvalue weighted by atomic mass is 9.76. The molecule has 1 aliphatic heterocycles. The number of unbranched alkanes of at least 4 members (excludes halogenated alkanes) is 1. The number of rotatable bonds is 15. The molecule has 53 heavy (non-hydrogen) atoms. The van der Waals surface area contributed by atoms with Crippen LogP contribution in [0.15, 0.2) is 103 Å². The molecule has 5 aromatic rings. The van der Waals surface area contributed by atoms with E-state index < -0.39 is 58.2 Å². The molecular formula is C40H44BF3N6O3. The first-order valence-electron chi connectivity index (χ1n) is 17.9. The Balaban J connectivity index is 1.32. The average molecular weight is 725 g/mol. The Labute approximate surface area is 308 Å². The highest BCUT2D eigenvalue weighted by molar-refractivity contribution is 6.45. The second kappa shape index (κ2) is 16.0. The summed E-state index contributed by atoms with van der Waals surface area (Å²) in [6.45, 7) is 7.23. The van der Waals surface area contributed by atoms with Crippen molar-refractivity contribution in [3.05, 3.63) is 149 Å². The third kappa shape index (κ3) is 8.22. The number of carbonyl (C=O) groups excluding carboxylic acids is 1. The maximum Gasteiger partial charge on any atom is 0.457 e. The molecule has 2 heterocycles. The zero-order valence-electron chi connectivity index (χ0n) is 30.4. The molecule has 0 saturated carbocycles. The Hall–Kier alpha value is -4.85. The molecule has 1 aromatic heterocycles. The van der Waals surface area contributed by atoms with Crippen LogP contribution in [0.25, 0.3) is 0 Å². The van der Waals surface area contributed by atoms with Crippen LogP contribution < -0.4 is 10.6 Å². The molecular weight excluding hydrogens is 680 g/mol. The molecule has 1 saturated heterocycles. The van der Waals surface area contributed by atoms with Gasteiger partial charge in [-0.05, 0) is 79.7 Å². The van der Waals surface area contributed by atoms with Crippen LogP contribution in [0, 0.1) is 17.5 Å². The highest BCUT2D eigenvalue weighted by Crippen LogP contribution is 2.41. The lowest BCUT2D eigenvalue weighted by molar-refractivity contribution is -0.122. The van der Waals surface area contributed by atoms with Gasteiger partial charge in [0.25, 0.3) is 0 Å². The van der Waals surface area contributed by atoms with Crippen LogP contribution in [-0.4, -0.2) is 44.4 Å². The maximum atomic E-state index is 14.3. The highest BCUT2D eigenvalue weighted by atomic mass is 19.2. The van der Waals surface area contributed by atoms with Gasteiger partial charge in [0.05, 0.1) is 22.8 Å². The number of aromatic nitrogens is 4. The van der Waals surface area contributed by atoms with Gasteiger partial charge in [-0.25, -0.2) is 17.9 Å². The zero-order chi connectivity index (χ0) is 37.6. The predicted octanol–water partition coefficient (Wildman–Crippen LogP) is 7.29. The molecule has 1 fully saturated rings. The van der Waals surface area contributed by atoms with Gasteiger partial charge < -0.3 is 14.6 Å². The van der Waals surface area contributed by atoms with Gasteiger partial charge in [-0.2, -0.15) is 0 Å². The molecule has 9 nitrogen and oxygen atoms in total. The molecule has 2 N–H and O–H groups in total. The van der Waals surface area contributed by atoms with Gasteiger partial charge in [-0.3, -0.25) is 10.1 Å². The molecule has 0 spiro atoms. The van der Waals surface area contributed by atoms with Crippen LogP contribution >= 0.6 is 0 Å². The van der Waals surface area contributed by atoms with Gasteiger partial charge in [-0.15, -0.1) is 5.10 Å². The second-order valence-electron chi connectivity index (χ2n) is 14.3. The number of halogens is 3. The van der Waals surface area contributed by atoms with Crippen LogP contribution in [0.1, 0.15) is 81.1 Å². The molecule has 4 aromatic carbocycles. The highest BCUT2D eigenvalue weighted by Gasteiger charge is 2.50. The largest absolute Gasteiger partial charge is 0.457 e. The van der Waals surface area contributed by atoms with E-state index in [0.717, 1.165) is 35.6 Å². The van der Waals surface area contributed by atoms with E-state index >= 15 is 0 Å². The summed E-state index contributed by atoms with van der Waals surface area (Å²) < 4.78 is 56.3. The van der Waals surface area contributed by atoms with E-state index in [9.17, 15) is 18.0 Å². The summed E-state index contributed by atoms with van der Waals surface area (Å²) in [5, 5.41) is 19.0. The standard InChI is InChI=1S/C40H44BF3N6O3/c1-38(2)39(3,4)53-41(52-38)25-15-14-22-34(37-47-48-49-50(37)27-35(51)45-26-31-32(42)23-24-33(43)36(31)44)46-40(28-16-8-5-9-17-28,29-18-10-6-11-19-29)30-20-12-7-13-21-30/h5-13,16-21,23-24,34,46H,14-15,22,25-27H2,1-4H3,(H,45,51). The number of nitrogens with zero attached hydrogens (tertiary/aromatic N) is 4. The molecule has 1 unspecified atom stereocenters. The second-order valence-corrected chi connectivity index (χ2v) is 14.3. The third-order valence-electron chi connectivity index (χ3n) is 10.3. The minimum absolute atomic E-state index is 0.342. The first-order chi connectivity index (χ1) is 25.4. The molecule has 6 rings (SSSR count). The fourth-order valence-corrected chi connectivity index (χ4v) is 6.77. The monoisotopic (exact) mass is 724 g/mol. The SMILES string of the molecule is CC1(C)OB(CCCCC(NC(c2ccccc2)(c2ccccc2)c2ccccc2)c2nnnn2CC(=O)NCc2c(F)ccc(F)c2F)OC1(C)C. The smallest absolute Gasteiger partial charge is 0.403 e. The van der Waals surface area contributed by atoms with Crippen LogP contribution in [0.5, 0.6) is 0 Å². The molecule has 1 aliphatic rings. The first kappa shape index (κ1) is 37.9. The molecule has 0 aliphatic carbocycles. The normalized spacial score (nSPS) is 15.7. The van der Waals surface area contributed by atoms with Gasteiger partial charge in [0.1, 0.15) is 12.4 Å². The van der Waals surface area contributed by atoms with Crippen molar-refractivity contribution < 1.29 is 27.3 Å². The molecule has 13 heteroatoms. The number of hydrogen-bond donors (Lipinski definition) is 2. The number of tetrazole rings is 1. The Bertz CT molecular complexity index is 1870. The quantitative estimate of drug-likeness (QED) is 0.0506. The topological polar surface area (TPSA) is 103 Å². The summed E-state index contributed by atoms with van der Waals surface area (Å²) in [6, 6.07) is 31.3. The lowest BCUT2D eigenvalue weighted by Crippen LogP contribution is -2.47. The van der Waals surface area contributed by atoms with Gasteiger partial charge in [-0.1, -0.05) is 104 Å². The number of amides is 1. The van der Waals surface area contributed by atoms with Gasteiger partial charge in [0.15, 0.2) is 17.5 Å². The van der Waals surface area contributed by atoms with E-state index in [1.165, 1.54) is 4.68 Å². The van der Waals surface area contributed by atoms with Crippen molar-refractivity contribution in [2.45, 2.75) is 89.1 Å². The molecule has 1 atom stereocenters. The number of carbonyl (C=O) groups is 1. The van der Waals surface area contributed by atoms with Crippen LogP contribution in [0.3, 0.4) is 0 Å². The van der Waals surface area contributed by atoms with Crippen LogP contribution in [0.2, 0.25) is 6.32 Å². The number of hydrogen-bond acceptors (Lipinski definition) is 7. The molecule has 0 bridgehead atoms. The average Bonchev–Trinajstić information content (AvgIpc) is 3.69. The fourth-order valence-electron chi connectivity index (χ4n) is 6.77. The van der Waals surface area contributed by atoms with E-state index in [4.69, 9.17) is 9.31 Å². The van der Waals surface area contributed by atoms with E-state index in [2.05, 4.69) is 62.6 Å². The minimum atomic E-state index is -1.35. The van der Waals surface area contributed by atoms with Gasteiger partial charge in [0.2, 0.25) is 5.91 Å². The maximum absolute atomic E-state index is 14.3. The lowest BCUT2D eigenvalue weighted by Gasteiger charge is -2.40. The van der Waals surface area contributed by atoms with Crippen molar-refractivity contribution in [1.29, 1.82) is 0 Å². The van der Waals surface area contributed by atoms with Crippen molar-refractivity contribution in [2.24, 2.45) is 0 Å². The van der Waals surface area contributed by atoms with Crippen molar-refractivity contribution in [3.63, 3.8) is 0 Å². The number of nitrogens with one attached hydrogen (secondary N) is 2. The molecule has 0 radical (unpaired) electrons. The zero-order valence-corrected chi connectivity index (χ0v) is 30.4. The fraction of sp³-hybridized carbons (Fsp3) is 0.350. The number of benzene rings is 4. The molecule has 1 amide bonds. The summed E-state index contributed by atoms with van der Waals surface area (Å²) in [6.07, 6.45) is 2.75. The van der Waals surface area contributed by atoms with Crippen LogP contribution in [-0.2, 0) is 32.7 Å². The van der Waals surface area contributed by atoms with Gasteiger partial charge >= 0.3 is 7.12 Å². The van der Waals surface area contributed by atoms with E-state index in [0.29, 0.717) is 24.6 Å². The van der Waals surface area contributed by atoms with Crippen molar-refractivity contribution >= 4 is 13.0 Å². The van der Waals surface area contributed by atoms with Gasteiger partial charge in [0, 0.05) is 12.1 Å². The minimum Gasteiger partial charge on any atom is -0.403 e. The summed E-state index contributed by atoms with van der Waals surface area (Å²) in [7, 11) is -0.342. The van der Waals surface area contributed by atoms with E-state index in [1.807, 2.05) is 82.3 Å². The predicted molar refractivity (Wildman–Crippen MR) is 196 cm³/mol. The Kier molecular flexibility index (Phi) is 11.5. The Morgan fingerprint density at radius 1 is 0.792 bits per heavy atom. The summed E-state index contributed by atoms with van der Waals surface area (Å²) in [4.78, 5) is 13.2. The summed E-state index contributed by atoms with van der Waals surface area (Å²) in [5.74, 6) is -3.73. The van der Waals surface area contributed by atoms with Crippen LogP contribution in [0.4, 0.5) is 13.2 Å². The summed E-state index contributed by atoms with van der Waals surface area (Å²) in [5.41, 5.74) is 0.622. The molecule has 276 valence electrons.